The zero-order valence-electron chi connectivity index (χ0n) is 11.3. The topological polar surface area (TPSA) is 26.3 Å². The molecule has 0 N–H and O–H groups in total. The van der Waals surface area contributed by atoms with Crippen LogP contribution in [0.3, 0.4) is 0 Å². The summed E-state index contributed by atoms with van der Waals surface area (Å²) in [4.78, 5) is 12.5. The molecule has 3 rings (SSSR count). The first-order valence-corrected chi connectivity index (χ1v) is 7.65. The Kier molecular flexibility index (Phi) is 4.06. The van der Waals surface area contributed by atoms with Crippen LogP contribution in [0.25, 0.3) is 0 Å². The highest BCUT2D eigenvalue weighted by atomic mass is 79.9. The largest absolute Gasteiger partial charge is 0.493 e. The number of hydrogen-bond donors (Lipinski definition) is 0. The Morgan fingerprint density at radius 2 is 2.05 bits per heavy atom. The van der Waals surface area contributed by atoms with Crippen LogP contribution in [0, 0.1) is 5.82 Å². The molecule has 1 aliphatic heterocycles. The van der Waals surface area contributed by atoms with Gasteiger partial charge in [0.05, 0.1) is 12.2 Å². The van der Waals surface area contributed by atoms with Crippen molar-refractivity contribution in [2.45, 2.75) is 18.8 Å². The molecule has 0 fully saturated rings. The van der Waals surface area contributed by atoms with Gasteiger partial charge in [0.2, 0.25) is 0 Å². The van der Waals surface area contributed by atoms with Gasteiger partial charge in [-0.2, -0.15) is 0 Å². The lowest BCUT2D eigenvalue weighted by molar-refractivity contribution is 0.0961. The van der Waals surface area contributed by atoms with E-state index in [4.69, 9.17) is 4.74 Å². The van der Waals surface area contributed by atoms with Crippen molar-refractivity contribution in [2.24, 2.45) is 0 Å². The van der Waals surface area contributed by atoms with Gasteiger partial charge in [0.1, 0.15) is 11.6 Å². The summed E-state index contributed by atoms with van der Waals surface area (Å²) in [6.45, 7) is 0.591. The van der Waals surface area contributed by atoms with Crippen molar-refractivity contribution in [2.75, 3.05) is 6.61 Å². The molecule has 0 radical (unpaired) electrons. The van der Waals surface area contributed by atoms with Crippen molar-refractivity contribution in [3.8, 4) is 5.75 Å². The zero-order valence-corrected chi connectivity index (χ0v) is 12.9. The lowest BCUT2D eigenvalue weighted by atomic mass is 9.87. The van der Waals surface area contributed by atoms with Gasteiger partial charge in [0.15, 0.2) is 5.78 Å². The molecule has 0 saturated carbocycles. The highest BCUT2D eigenvalue weighted by Gasteiger charge is 2.25. The van der Waals surface area contributed by atoms with E-state index in [0.717, 1.165) is 17.7 Å². The molecule has 1 unspecified atom stereocenters. The molecule has 0 bridgehead atoms. The highest BCUT2D eigenvalue weighted by Crippen LogP contribution is 2.36. The number of rotatable bonds is 3. The second kappa shape index (κ2) is 5.98. The maximum Gasteiger partial charge on any atom is 0.167 e. The SMILES string of the molecule is O=C(CC1CCOc2ccccc21)c1c(F)cccc1Br. The smallest absolute Gasteiger partial charge is 0.167 e. The molecule has 0 aliphatic carbocycles. The lowest BCUT2D eigenvalue weighted by Crippen LogP contribution is -2.17. The van der Waals surface area contributed by atoms with E-state index < -0.39 is 5.82 Å². The van der Waals surface area contributed by atoms with Gasteiger partial charge >= 0.3 is 0 Å². The first kappa shape index (κ1) is 14.3. The van der Waals surface area contributed by atoms with Crippen molar-refractivity contribution in [1.82, 2.24) is 0 Å². The number of ether oxygens (including phenoxy) is 1. The number of halogens is 2. The molecule has 0 amide bonds. The van der Waals surface area contributed by atoms with Crippen molar-refractivity contribution in [3.05, 3.63) is 63.9 Å². The Balaban J connectivity index is 1.86. The van der Waals surface area contributed by atoms with E-state index in [9.17, 15) is 9.18 Å². The number of para-hydroxylation sites is 1. The molecule has 4 heteroatoms. The van der Waals surface area contributed by atoms with Crippen LogP contribution in [0.2, 0.25) is 0 Å². The number of benzene rings is 2. The fourth-order valence-corrected chi connectivity index (χ4v) is 3.28. The second-order valence-electron chi connectivity index (χ2n) is 5.10. The van der Waals surface area contributed by atoms with Gasteiger partial charge in [0, 0.05) is 10.9 Å². The van der Waals surface area contributed by atoms with Crippen LogP contribution < -0.4 is 4.74 Å². The molecule has 1 aliphatic rings. The predicted octanol–water partition coefficient (Wildman–Crippen LogP) is 4.73. The molecule has 1 heterocycles. The average Bonchev–Trinajstić information content (AvgIpc) is 2.47. The number of carbonyl (C=O) groups is 1. The minimum absolute atomic E-state index is 0.0777. The van der Waals surface area contributed by atoms with E-state index in [1.807, 2.05) is 24.3 Å². The molecule has 0 saturated heterocycles. The van der Waals surface area contributed by atoms with E-state index >= 15 is 0 Å². The van der Waals surface area contributed by atoms with E-state index in [0.29, 0.717) is 17.5 Å². The standard InChI is InChI=1S/C17H14BrFO2/c18-13-5-3-6-14(19)17(13)15(20)10-11-8-9-21-16-7-2-1-4-12(11)16/h1-7,11H,8-10H2. The number of carbonyl (C=O) groups excluding carboxylic acids is 1. The van der Waals surface area contributed by atoms with Gasteiger partial charge in [-0.3, -0.25) is 4.79 Å². The van der Waals surface area contributed by atoms with Crippen molar-refractivity contribution in [1.29, 1.82) is 0 Å². The minimum Gasteiger partial charge on any atom is -0.493 e. The average molecular weight is 349 g/mol. The van der Waals surface area contributed by atoms with Gasteiger partial charge < -0.3 is 4.74 Å². The van der Waals surface area contributed by atoms with Crippen LogP contribution in [0.1, 0.15) is 34.7 Å². The van der Waals surface area contributed by atoms with Gasteiger partial charge in [-0.05, 0) is 52.0 Å². The maximum atomic E-state index is 13.9. The molecule has 1 atom stereocenters. The normalized spacial score (nSPS) is 17.0. The van der Waals surface area contributed by atoms with Gasteiger partial charge in [-0.15, -0.1) is 0 Å². The third-order valence-corrected chi connectivity index (χ3v) is 4.42. The van der Waals surface area contributed by atoms with Crippen molar-refractivity contribution >= 4 is 21.7 Å². The summed E-state index contributed by atoms with van der Waals surface area (Å²) in [6, 6.07) is 12.3. The summed E-state index contributed by atoms with van der Waals surface area (Å²) in [5, 5.41) is 0. The molecular formula is C17H14BrFO2. The van der Waals surface area contributed by atoms with Crippen molar-refractivity contribution < 1.29 is 13.9 Å². The second-order valence-corrected chi connectivity index (χ2v) is 5.95. The minimum atomic E-state index is -0.477. The molecular weight excluding hydrogens is 335 g/mol. The van der Waals surface area contributed by atoms with Gasteiger partial charge in [-0.1, -0.05) is 24.3 Å². The van der Waals surface area contributed by atoms with Crippen LogP contribution in [0.5, 0.6) is 5.75 Å². The summed E-state index contributed by atoms with van der Waals surface area (Å²) in [5.41, 5.74) is 1.17. The Labute approximate surface area is 131 Å². The molecule has 0 spiro atoms. The molecule has 2 aromatic rings. The first-order chi connectivity index (χ1) is 10.2. The molecule has 21 heavy (non-hydrogen) atoms. The summed E-state index contributed by atoms with van der Waals surface area (Å²) >= 11 is 3.26. The first-order valence-electron chi connectivity index (χ1n) is 6.85. The fourth-order valence-electron chi connectivity index (χ4n) is 2.72. The predicted molar refractivity (Wildman–Crippen MR) is 82.3 cm³/mol. The van der Waals surface area contributed by atoms with Crippen molar-refractivity contribution in [3.63, 3.8) is 0 Å². The van der Waals surface area contributed by atoms with E-state index in [1.165, 1.54) is 6.07 Å². The Morgan fingerprint density at radius 3 is 2.86 bits per heavy atom. The number of fused-ring (bicyclic) bond motifs is 1. The summed E-state index contributed by atoms with van der Waals surface area (Å²) in [6.07, 6.45) is 1.06. The summed E-state index contributed by atoms with van der Waals surface area (Å²) in [7, 11) is 0. The summed E-state index contributed by atoms with van der Waals surface area (Å²) < 4.78 is 20.0. The third kappa shape index (κ3) is 2.86. The van der Waals surface area contributed by atoms with Crippen LogP contribution in [0.4, 0.5) is 4.39 Å². The van der Waals surface area contributed by atoms with E-state index in [-0.39, 0.29) is 17.3 Å². The van der Waals surface area contributed by atoms with E-state index in [1.54, 1.807) is 12.1 Å². The monoisotopic (exact) mass is 348 g/mol. The zero-order chi connectivity index (χ0) is 14.8. The molecule has 108 valence electrons. The van der Waals surface area contributed by atoms with Gasteiger partial charge in [0.25, 0.3) is 0 Å². The Hall–Kier alpha value is -1.68. The third-order valence-electron chi connectivity index (χ3n) is 3.76. The van der Waals surface area contributed by atoms with Crippen LogP contribution >= 0.6 is 15.9 Å². The number of hydrogen-bond acceptors (Lipinski definition) is 2. The Bertz CT molecular complexity index is 664. The molecule has 2 nitrogen and oxygen atoms in total. The van der Waals surface area contributed by atoms with Crippen LogP contribution in [-0.2, 0) is 0 Å². The quantitative estimate of drug-likeness (QED) is 0.749. The molecule has 0 aromatic heterocycles. The van der Waals surface area contributed by atoms with Gasteiger partial charge in [-0.25, -0.2) is 4.39 Å². The molecule has 2 aromatic carbocycles. The van der Waals surface area contributed by atoms with Crippen LogP contribution in [0.15, 0.2) is 46.9 Å². The number of ketones is 1. The lowest BCUT2D eigenvalue weighted by Gasteiger charge is -2.25. The summed E-state index contributed by atoms with van der Waals surface area (Å²) in [5.74, 6) is 0.250. The van der Waals surface area contributed by atoms with E-state index in [2.05, 4.69) is 15.9 Å². The number of Topliss-reactive ketones (excluding diaryl/α,β-unsaturated/α-hetero) is 1. The van der Waals surface area contributed by atoms with Crippen LogP contribution in [-0.4, -0.2) is 12.4 Å². The fraction of sp³-hybridized carbons (Fsp3) is 0.235. The Morgan fingerprint density at radius 1 is 1.24 bits per heavy atom. The maximum absolute atomic E-state index is 13.9. The highest BCUT2D eigenvalue weighted by molar-refractivity contribution is 9.10.